The first-order valence-corrected chi connectivity index (χ1v) is 11.6. The maximum absolute atomic E-state index is 5.74. The molecule has 0 aromatic heterocycles. The predicted octanol–water partition coefficient (Wildman–Crippen LogP) is 6.36. The van der Waals surface area contributed by atoms with E-state index in [1.165, 1.54) is 11.1 Å². The van der Waals surface area contributed by atoms with Gasteiger partial charge in [-0.05, 0) is 52.7 Å². The summed E-state index contributed by atoms with van der Waals surface area (Å²) in [6, 6.07) is 4.42. The van der Waals surface area contributed by atoms with Crippen LogP contribution >= 0.6 is 0 Å². The van der Waals surface area contributed by atoms with Gasteiger partial charge in [0.1, 0.15) is 8.07 Å². The lowest BCUT2D eigenvalue weighted by Gasteiger charge is -2.38. The second-order valence-corrected chi connectivity index (χ2v) is 13.2. The smallest absolute Gasteiger partial charge is 0.125 e. The van der Waals surface area contributed by atoms with Crippen molar-refractivity contribution in [2.24, 2.45) is 0 Å². The molecule has 24 heavy (non-hydrogen) atoms. The van der Waals surface area contributed by atoms with E-state index in [0.717, 1.165) is 24.0 Å². The van der Waals surface area contributed by atoms with Crippen LogP contribution in [0.4, 0.5) is 0 Å². The third-order valence-electron chi connectivity index (χ3n) is 5.50. The Morgan fingerprint density at radius 2 is 1.29 bits per heavy atom. The third kappa shape index (κ3) is 3.96. The molecule has 1 aromatic rings. The fourth-order valence-electron chi connectivity index (χ4n) is 4.20. The highest BCUT2D eigenvalue weighted by atomic mass is 28.3. The zero-order valence-electron chi connectivity index (χ0n) is 16.9. The van der Waals surface area contributed by atoms with Gasteiger partial charge in [-0.2, -0.15) is 0 Å². The summed E-state index contributed by atoms with van der Waals surface area (Å²) >= 11 is 0. The minimum absolute atomic E-state index is 0.659. The first-order valence-electron chi connectivity index (χ1n) is 9.39. The van der Waals surface area contributed by atoms with Crippen molar-refractivity contribution >= 4 is 8.07 Å². The van der Waals surface area contributed by atoms with Crippen LogP contribution in [0.15, 0.2) is 12.1 Å². The molecule has 0 spiro atoms. The lowest BCUT2D eigenvalue weighted by Crippen LogP contribution is -2.43. The quantitative estimate of drug-likeness (QED) is 0.433. The Balaban J connectivity index is 3.50. The monoisotopic (exact) mass is 338 g/mol. The van der Waals surface area contributed by atoms with E-state index >= 15 is 0 Å². The maximum Gasteiger partial charge on any atom is 0.146 e. The molecule has 0 nitrogen and oxygen atoms in total. The topological polar surface area (TPSA) is 0 Å². The molecule has 0 aliphatic heterocycles. The number of benzene rings is 1. The van der Waals surface area contributed by atoms with Gasteiger partial charge in [0, 0.05) is 11.1 Å². The van der Waals surface area contributed by atoms with E-state index in [0.29, 0.717) is 16.6 Å². The van der Waals surface area contributed by atoms with Crippen LogP contribution in [0, 0.1) is 23.8 Å². The zero-order chi connectivity index (χ0) is 18.5. The van der Waals surface area contributed by atoms with Gasteiger partial charge in [-0.25, -0.2) is 0 Å². The van der Waals surface area contributed by atoms with Gasteiger partial charge in [0.15, 0.2) is 0 Å². The van der Waals surface area contributed by atoms with Crippen LogP contribution in [-0.2, 0) is 12.8 Å². The van der Waals surface area contributed by atoms with E-state index in [2.05, 4.69) is 84.9 Å². The molecule has 0 radical (unpaired) electrons. The van der Waals surface area contributed by atoms with Gasteiger partial charge < -0.3 is 0 Å². The van der Waals surface area contributed by atoms with E-state index in [9.17, 15) is 0 Å². The van der Waals surface area contributed by atoms with E-state index in [-0.39, 0.29) is 0 Å². The second kappa shape index (κ2) is 8.59. The molecule has 1 aromatic carbocycles. The second-order valence-electron chi connectivity index (χ2n) is 7.67. The van der Waals surface area contributed by atoms with Crippen LogP contribution < -0.4 is 0 Å². The summed E-state index contributed by atoms with van der Waals surface area (Å²) in [6.07, 6.45) is 7.66. The van der Waals surface area contributed by atoms with Crippen LogP contribution in [0.2, 0.25) is 16.6 Å². The lowest BCUT2D eigenvalue weighted by molar-refractivity contribution is 0.838. The highest BCUT2D eigenvalue weighted by molar-refractivity contribution is 6.90. The molecule has 0 atom stereocenters. The SMILES string of the molecule is C#Cc1c(CC)cc(C#C[Si](C(C)C)(C(C)C)C(C)C)cc1CC. The Morgan fingerprint density at radius 3 is 1.58 bits per heavy atom. The summed E-state index contributed by atoms with van der Waals surface area (Å²) in [6.45, 7) is 18.5. The standard InChI is InChI=1S/C23H34Si/c1-10-21-15-20(16-22(11-2)23(21)12-3)13-14-24(17(4)5,18(6)7)19(8)9/h3,15-19H,10-11H2,1-2,4-9H3. The minimum Gasteiger partial charge on any atom is -0.125 e. The zero-order valence-corrected chi connectivity index (χ0v) is 17.9. The summed E-state index contributed by atoms with van der Waals surface area (Å²) in [4.78, 5) is 0. The number of hydrogen-bond acceptors (Lipinski definition) is 0. The molecule has 0 amide bonds. The lowest BCUT2D eigenvalue weighted by atomic mass is 9.95. The molecule has 0 aliphatic rings. The van der Waals surface area contributed by atoms with Gasteiger partial charge in [-0.15, -0.1) is 12.0 Å². The molecule has 1 rings (SSSR count). The largest absolute Gasteiger partial charge is 0.146 e. The summed E-state index contributed by atoms with van der Waals surface area (Å²) in [5, 5.41) is 0. The maximum atomic E-state index is 5.74. The normalized spacial score (nSPS) is 11.6. The van der Waals surface area contributed by atoms with Gasteiger partial charge in [-0.1, -0.05) is 67.2 Å². The molecule has 0 saturated heterocycles. The summed E-state index contributed by atoms with van der Waals surface area (Å²) in [5.41, 5.74) is 10.5. The molecule has 0 heterocycles. The predicted molar refractivity (Wildman–Crippen MR) is 111 cm³/mol. The van der Waals surface area contributed by atoms with Gasteiger partial charge in [0.25, 0.3) is 0 Å². The fraction of sp³-hybridized carbons (Fsp3) is 0.565. The first-order chi connectivity index (χ1) is 11.2. The van der Waals surface area contributed by atoms with E-state index in [1.807, 2.05) is 0 Å². The van der Waals surface area contributed by atoms with Crippen molar-refractivity contribution in [1.82, 2.24) is 0 Å². The number of rotatable bonds is 5. The molecule has 0 saturated carbocycles. The molecule has 0 fully saturated rings. The Bertz CT molecular complexity index is 613. The first kappa shape index (κ1) is 20.6. The van der Waals surface area contributed by atoms with E-state index in [4.69, 9.17) is 6.42 Å². The van der Waals surface area contributed by atoms with Crippen LogP contribution in [0.25, 0.3) is 0 Å². The highest BCUT2D eigenvalue weighted by Crippen LogP contribution is 2.40. The molecular formula is C23H34Si. The molecule has 0 aliphatic carbocycles. The number of hydrogen-bond donors (Lipinski definition) is 0. The van der Waals surface area contributed by atoms with Crippen molar-refractivity contribution < 1.29 is 0 Å². The summed E-state index contributed by atoms with van der Waals surface area (Å²) in [7, 11) is -1.69. The summed E-state index contributed by atoms with van der Waals surface area (Å²) < 4.78 is 0. The van der Waals surface area contributed by atoms with Crippen molar-refractivity contribution in [2.75, 3.05) is 0 Å². The van der Waals surface area contributed by atoms with Crippen LogP contribution in [0.3, 0.4) is 0 Å². The van der Waals surface area contributed by atoms with Crippen molar-refractivity contribution in [3.05, 3.63) is 34.4 Å². The molecular weight excluding hydrogens is 304 g/mol. The minimum atomic E-state index is -1.69. The van der Waals surface area contributed by atoms with Crippen LogP contribution in [0.5, 0.6) is 0 Å². The molecule has 0 unspecified atom stereocenters. The van der Waals surface area contributed by atoms with Crippen LogP contribution in [-0.4, -0.2) is 8.07 Å². The molecule has 130 valence electrons. The third-order valence-corrected chi connectivity index (χ3v) is 11.8. The van der Waals surface area contributed by atoms with Gasteiger partial charge >= 0.3 is 0 Å². The Labute approximate surface area is 151 Å². The highest BCUT2D eigenvalue weighted by Gasteiger charge is 2.41. The van der Waals surface area contributed by atoms with E-state index < -0.39 is 8.07 Å². The Hall–Kier alpha value is -1.44. The molecule has 0 N–H and O–H groups in total. The van der Waals surface area contributed by atoms with E-state index in [1.54, 1.807) is 0 Å². The van der Waals surface area contributed by atoms with Gasteiger partial charge in [-0.3, -0.25) is 0 Å². The fourth-order valence-corrected chi connectivity index (χ4v) is 9.42. The Morgan fingerprint density at radius 1 is 0.875 bits per heavy atom. The molecule has 1 heteroatoms. The number of terminal acetylenes is 1. The van der Waals surface area contributed by atoms with Crippen molar-refractivity contribution in [1.29, 1.82) is 0 Å². The summed E-state index contributed by atoms with van der Waals surface area (Å²) in [5.74, 6) is 6.45. The van der Waals surface area contributed by atoms with Gasteiger partial charge in [0.05, 0.1) is 0 Å². The average Bonchev–Trinajstić information content (AvgIpc) is 2.53. The average molecular weight is 339 g/mol. The van der Waals surface area contributed by atoms with Crippen molar-refractivity contribution in [3.63, 3.8) is 0 Å². The van der Waals surface area contributed by atoms with Crippen molar-refractivity contribution in [2.45, 2.75) is 84.9 Å². The van der Waals surface area contributed by atoms with Crippen LogP contribution in [0.1, 0.15) is 77.6 Å². The van der Waals surface area contributed by atoms with Gasteiger partial charge in [0.2, 0.25) is 0 Å². The molecule has 0 bridgehead atoms. The van der Waals surface area contributed by atoms with Crippen molar-refractivity contribution in [3.8, 4) is 23.8 Å². The number of aryl methyl sites for hydroxylation is 2. The Kier molecular flexibility index (Phi) is 7.38.